The Bertz CT molecular complexity index is 416. The summed E-state index contributed by atoms with van der Waals surface area (Å²) in [6.45, 7) is 1.65. The lowest BCUT2D eigenvalue weighted by Gasteiger charge is -2.23. The van der Waals surface area contributed by atoms with Gasteiger partial charge in [0.2, 0.25) is 0 Å². The van der Waals surface area contributed by atoms with E-state index in [9.17, 15) is 4.79 Å². The van der Waals surface area contributed by atoms with Crippen LogP contribution in [0.3, 0.4) is 0 Å². The summed E-state index contributed by atoms with van der Waals surface area (Å²) < 4.78 is 5.32. The van der Waals surface area contributed by atoms with Crippen LogP contribution in [0.5, 0.6) is 0 Å². The van der Waals surface area contributed by atoms with Crippen LogP contribution in [0.2, 0.25) is 0 Å². The Morgan fingerprint density at radius 3 is 2.81 bits per heavy atom. The molecule has 0 spiro atoms. The van der Waals surface area contributed by atoms with Crippen molar-refractivity contribution in [3.8, 4) is 0 Å². The minimum atomic E-state index is -0.501. The first-order valence-corrected chi connectivity index (χ1v) is 5.26. The summed E-state index contributed by atoms with van der Waals surface area (Å²) >= 11 is 3.11. The van der Waals surface area contributed by atoms with E-state index in [4.69, 9.17) is 15.4 Å². The SMILES string of the molecule is CC(/C(N)=N/O)N(C)C(=O)c1ccoc1Br. The molecule has 0 aliphatic carbocycles. The molecule has 0 radical (unpaired) electrons. The highest BCUT2D eigenvalue weighted by Gasteiger charge is 2.23. The van der Waals surface area contributed by atoms with Gasteiger partial charge in [0.05, 0.1) is 17.9 Å². The highest BCUT2D eigenvalue weighted by atomic mass is 79.9. The van der Waals surface area contributed by atoms with Gasteiger partial charge >= 0.3 is 0 Å². The van der Waals surface area contributed by atoms with Crippen molar-refractivity contribution in [3.05, 3.63) is 22.6 Å². The summed E-state index contributed by atoms with van der Waals surface area (Å²) in [4.78, 5) is 13.3. The Morgan fingerprint density at radius 2 is 2.38 bits per heavy atom. The van der Waals surface area contributed by atoms with E-state index in [-0.39, 0.29) is 11.7 Å². The molecule has 1 unspecified atom stereocenters. The van der Waals surface area contributed by atoms with Crippen LogP contribution in [0.15, 0.2) is 26.6 Å². The third-order valence-corrected chi connectivity index (χ3v) is 2.91. The number of amides is 1. The van der Waals surface area contributed by atoms with Gasteiger partial charge in [0.25, 0.3) is 5.91 Å². The van der Waals surface area contributed by atoms with Crippen molar-refractivity contribution >= 4 is 27.7 Å². The summed E-state index contributed by atoms with van der Waals surface area (Å²) in [6.07, 6.45) is 1.40. The minimum Gasteiger partial charge on any atom is -0.457 e. The number of nitrogens with two attached hydrogens (primary N) is 1. The van der Waals surface area contributed by atoms with E-state index in [0.717, 1.165) is 0 Å². The van der Waals surface area contributed by atoms with Crippen molar-refractivity contribution in [2.24, 2.45) is 10.9 Å². The lowest BCUT2D eigenvalue weighted by Crippen LogP contribution is -2.43. The Morgan fingerprint density at radius 1 is 1.75 bits per heavy atom. The van der Waals surface area contributed by atoms with Crippen LogP contribution >= 0.6 is 15.9 Å². The van der Waals surface area contributed by atoms with Crippen LogP contribution < -0.4 is 5.73 Å². The van der Waals surface area contributed by atoms with E-state index in [0.29, 0.717) is 10.2 Å². The largest absolute Gasteiger partial charge is 0.457 e. The Kier molecular flexibility index (Phi) is 3.94. The molecule has 1 aromatic heterocycles. The molecule has 0 fully saturated rings. The van der Waals surface area contributed by atoms with Crippen LogP contribution in [-0.4, -0.2) is 34.9 Å². The summed E-state index contributed by atoms with van der Waals surface area (Å²) in [5.74, 6) is -0.310. The van der Waals surface area contributed by atoms with Gasteiger partial charge < -0.3 is 20.3 Å². The number of carbonyl (C=O) groups is 1. The molecule has 0 aliphatic heterocycles. The number of amidine groups is 1. The van der Waals surface area contributed by atoms with Crippen molar-refractivity contribution in [2.45, 2.75) is 13.0 Å². The van der Waals surface area contributed by atoms with Gasteiger partial charge in [-0.3, -0.25) is 4.79 Å². The maximum absolute atomic E-state index is 11.9. The molecule has 88 valence electrons. The molecule has 0 bridgehead atoms. The standard InChI is InChI=1S/C9H12BrN3O3/c1-5(8(11)12-15)13(2)9(14)6-3-4-16-7(6)10/h3-5,15H,1-2H3,(H2,11,12). The lowest BCUT2D eigenvalue weighted by atomic mass is 10.2. The molecule has 1 rings (SSSR count). The summed E-state index contributed by atoms with van der Waals surface area (Å²) in [7, 11) is 1.56. The molecule has 6 nitrogen and oxygen atoms in total. The molecular formula is C9H12BrN3O3. The molecule has 0 saturated heterocycles. The van der Waals surface area contributed by atoms with Gasteiger partial charge in [0.15, 0.2) is 10.5 Å². The van der Waals surface area contributed by atoms with Gasteiger partial charge in [-0.1, -0.05) is 5.16 Å². The fraction of sp³-hybridized carbons (Fsp3) is 0.333. The van der Waals surface area contributed by atoms with Gasteiger partial charge in [-0.15, -0.1) is 0 Å². The Balaban J connectivity index is 2.87. The van der Waals surface area contributed by atoms with Crippen LogP contribution in [0.1, 0.15) is 17.3 Å². The summed E-state index contributed by atoms with van der Waals surface area (Å²) in [6, 6.07) is 1.04. The number of rotatable bonds is 3. The zero-order chi connectivity index (χ0) is 12.3. The van der Waals surface area contributed by atoms with E-state index in [2.05, 4.69) is 21.1 Å². The molecule has 0 aromatic carbocycles. The molecule has 16 heavy (non-hydrogen) atoms. The highest BCUT2D eigenvalue weighted by molar-refractivity contribution is 9.10. The monoisotopic (exact) mass is 289 g/mol. The quantitative estimate of drug-likeness (QED) is 0.379. The fourth-order valence-corrected chi connectivity index (χ4v) is 1.50. The maximum atomic E-state index is 11.9. The smallest absolute Gasteiger partial charge is 0.258 e. The second-order valence-electron chi connectivity index (χ2n) is 3.22. The van der Waals surface area contributed by atoms with Crippen molar-refractivity contribution in [1.82, 2.24) is 4.90 Å². The normalized spacial score (nSPS) is 13.6. The molecule has 0 saturated carbocycles. The van der Waals surface area contributed by atoms with Crippen LogP contribution in [0.25, 0.3) is 0 Å². The zero-order valence-electron chi connectivity index (χ0n) is 8.85. The van der Waals surface area contributed by atoms with Crippen molar-refractivity contribution in [2.75, 3.05) is 7.05 Å². The Hall–Kier alpha value is -1.50. The third-order valence-electron chi connectivity index (χ3n) is 2.29. The molecule has 1 amide bonds. The van der Waals surface area contributed by atoms with Gasteiger partial charge in [0.1, 0.15) is 0 Å². The first-order valence-electron chi connectivity index (χ1n) is 4.46. The van der Waals surface area contributed by atoms with Gasteiger partial charge in [-0.25, -0.2) is 0 Å². The van der Waals surface area contributed by atoms with Crippen molar-refractivity contribution < 1.29 is 14.4 Å². The number of oxime groups is 1. The van der Waals surface area contributed by atoms with Gasteiger partial charge in [-0.2, -0.15) is 0 Å². The Labute approximate surface area is 101 Å². The van der Waals surface area contributed by atoms with E-state index < -0.39 is 6.04 Å². The van der Waals surface area contributed by atoms with Crippen molar-refractivity contribution in [3.63, 3.8) is 0 Å². The van der Waals surface area contributed by atoms with E-state index >= 15 is 0 Å². The first-order chi connectivity index (χ1) is 7.49. The van der Waals surface area contributed by atoms with Crippen LogP contribution in [0, 0.1) is 0 Å². The molecule has 1 aromatic rings. The number of likely N-dealkylation sites (N-methyl/N-ethyl adjacent to an activating group) is 1. The van der Waals surface area contributed by atoms with Gasteiger partial charge in [-0.05, 0) is 28.9 Å². The molecule has 7 heteroatoms. The van der Waals surface area contributed by atoms with E-state index in [1.807, 2.05) is 0 Å². The number of halogens is 1. The minimum absolute atomic E-state index is 0.0320. The predicted molar refractivity (Wildman–Crippen MR) is 61.4 cm³/mol. The van der Waals surface area contributed by atoms with Crippen LogP contribution in [-0.2, 0) is 0 Å². The van der Waals surface area contributed by atoms with E-state index in [1.54, 1.807) is 20.0 Å². The third kappa shape index (κ3) is 2.35. The number of hydrogen-bond donors (Lipinski definition) is 2. The number of carbonyl (C=O) groups excluding carboxylic acids is 1. The molecule has 1 atom stereocenters. The van der Waals surface area contributed by atoms with Gasteiger partial charge in [0, 0.05) is 7.05 Å². The molecule has 0 aliphatic rings. The second kappa shape index (κ2) is 5.02. The predicted octanol–water partition coefficient (Wildman–Crippen LogP) is 1.25. The van der Waals surface area contributed by atoms with Crippen molar-refractivity contribution in [1.29, 1.82) is 0 Å². The number of nitrogens with zero attached hydrogens (tertiary/aromatic N) is 2. The topological polar surface area (TPSA) is 92.1 Å². The summed E-state index contributed by atoms with van der Waals surface area (Å²) in [5.41, 5.74) is 5.81. The molecular weight excluding hydrogens is 278 g/mol. The number of furan rings is 1. The fourth-order valence-electron chi connectivity index (χ4n) is 1.09. The van der Waals surface area contributed by atoms with Crippen LogP contribution in [0.4, 0.5) is 0 Å². The molecule has 1 heterocycles. The highest BCUT2D eigenvalue weighted by Crippen LogP contribution is 2.19. The first kappa shape index (κ1) is 12.6. The molecule has 3 N–H and O–H groups in total. The summed E-state index contributed by atoms with van der Waals surface area (Å²) in [5, 5.41) is 11.4. The zero-order valence-corrected chi connectivity index (χ0v) is 10.4. The second-order valence-corrected chi connectivity index (χ2v) is 3.95. The lowest BCUT2D eigenvalue weighted by molar-refractivity contribution is 0.0774. The average molecular weight is 290 g/mol. The van der Waals surface area contributed by atoms with E-state index in [1.165, 1.54) is 11.2 Å². The average Bonchev–Trinajstić information content (AvgIpc) is 2.71. The number of hydrogen-bond acceptors (Lipinski definition) is 4. The maximum Gasteiger partial charge on any atom is 0.258 e.